The Labute approximate surface area is 135 Å². The van der Waals surface area contributed by atoms with Crippen LogP contribution in [0.25, 0.3) is 0 Å². The summed E-state index contributed by atoms with van der Waals surface area (Å²) in [6.07, 6.45) is 1.48. The van der Waals surface area contributed by atoms with Gasteiger partial charge in [0.15, 0.2) is 0 Å². The van der Waals surface area contributed by atoms with E-state index < -0.39 is 0 Å². The predicted octanol–water partition coefficient (Wildman–Crippen LogP) is 4.93. The van der Waals surface area contributed by atoms with Crippen LogP contribution < -0.4 is 4.74 Å². The molecule has 0 aromatic heterocycles. The van der Waals surface area contributed by atoms with Gasteiger partial charge in [-0.25, -0.2) is 0 Å². The highest BCUT2D eigenvalue weighted by molar-refractivity contribution is 7.16. The molecular formula is C19H25O2P. The van der Waals surface area contributed by atoms with Crippen molar-refractivity contribution in [3.8, 4) is 11.5 Å². The molecule has 2 aromatic carbocycles. The largest absolute Gasteiger partial charge is 0.508 e. The molecule has 0 fully saturated rings. The van der Waals surface area contributed by atoms with Gasteiger partial charge in [0.1, 0.15) is 17.8 Å². The van der Waals surface area contributed by atoms with E-state index >= 15 is 0 Å². The zero-order valence-electron chi connectivity index (χ0n) is 13.8. The van der Waals surface area contributed by atoms with E-state index in [0.29, 0.717) is 18.0 Å². The van der Waals surface area contributed by atoms with Crippen LogP contribution in [0.4, 0.5) is 0 Å². The van der Waals surface area contributed by atoms with Gasteiger partial charge in [-0.3, -0.25) is 0 Å². The summed E-state index contributed by atoms with van der Waals surface area (Å²) >= 11 is 0. The normalized spacial score (nSPS) is 11.0. The van der Waals surface area contributed by atoms with Gasteiger partial charge in [-0.15, -0.1) is 0 Å². The zero-order valence-corrected chi connectivity index (χ0v) is 15.0. The second-order valence-electron chi connectivity index (χ2n) is 6.07. The lowest BCUT2D eigenvalue weighted by molar-refractivity contribution is 0.392. The molecule has 0 aliphatic carbocycles. The third-order valence-electron chi connectivity index (χ3n) is 4.01. The predicted molar refractivity (Wildman–Crippen MR) is 96.1 cm³/mol. The number of hydrogen-bond donors (Lipinski definition) is 1. The lowest BCUT2D eigenvalue weighted by Crippen LogP contribution is -1.99. The monoisotopic (exact) mass is 316 g/mol. The van der Waals surface area contributed by atoms with Crippen LogP contribution in [0.1, 0.15) is 47.6 Å². The summed E-state index contributed by atoms with van der Waals surface area (Å²) in [7, 11) is 2.57. The van der Waals surface area contributed by atoms with E-state index in [1.165, 1.54) is 22.3 Å². The Morgan fingerprint density at radius 1 is 1.09 bits per heavy atom. The third-order valence-corrected chi connectivity index (χ3v) is 4.18. The van der Waals surface area contributed by atoms with Gasteiger partial charge >= 0.3 is 0 Å². The van der Waals surface area contributed by atoms with Gasteiger partial charge in [-0.05, 0) is 72.2 Å². The Morgan fingerprint density at radius 2 is 1.73 bits per heavy atom. The maximum Gasteiger partial charge on any atom is 0.120 e. The molecule has 0 spiro atoms. The Kier molecular flexibility index (Phi) is 5.47. The fourth-order valence-corrected chi connectivity index (χ4v) is 2.99. The van der Waals surface area contributed by atoms with Crippen molar-refractivity contribution in [2.75, 3.05) is 6.35 Å². The second-order valence-corrected chi connectivity index (χ2v) is 6.40. The van der Waals surface area contributed by atoms with Crippen LogP contribution in [-0.2, 0) is 6.42 Å². The molecule has 0 aliphatic heterocycles. The molecule has 0 aliphatic rings. The minimum atomic E-state index is 0.319. The molecule has 0 saturated heterocycles. The number of phenolic OH excluding ortho intramolecular Hbond substituents is 1. The SMILES string of the molecule is Cc1cc(OCP)cc(C)c1Cc1ccc(O)c(C(C)C)c1. The third kappa shape index (κ3) is 3.81. The van der Waals surface area contributed by atoms with E-state index in [2.05, 4.69) is 55.1 Å². The molecule has 0 radical (unpaired) electrons. The Hall–Kier alpha value is -1.53. The van der Waals surface area contributed by atoms with Crippen LogP contribution in [0.5, 0.6) is 11.5 Å². The molecule has 0 saturated carbocycles. The summed E-state index contributed by atoms with van der Waals surface area (Å²) in [5.41, 5.74) is 6.06. The molecule has 0 bridgehead atoms. The van der Waals surface area contributed by atoms with E-state index in [1.54, 1.807) is 6.07 Å². The molecule has 2 aromatic rings. The Bertz CT molecular complexity index is 639. The molecule has 1 atom stereocenters. The van der Waals surface area contributed by atoms with E-state index in [9.17, 15) is 5.11 Å². The second kappa shape index (κ2) is 7.15. The van der Waals surface area contributed by atoms with Crippen molar-refractivity contribution < 1.29 is 9.84 Å². The molecule has 22 heavy (non-hydrogen) atoms. The Morgan fingerprint density at radius 3 is 2.27 bits per heavy atom. The summed E-state index contributed by atoms with van der Waals surface area (Å²) in [5, 5.41) is 9.96. The number of hydrogen-bond acceptors (Lipinski definition) is 2. The minimum Gasteiger partial charge on any atom is -0.508 e. The molecule has 0 heterocycles. The van der Waals surface area contributed by atoms with Crippen molar-refractivity contribution in [3.05, 3.63) is 58.1 Å². The number of aromatic hydroxyl groups is 1. The van der Waals surface area contributed by atoms with E-state index in [4.69, 9.17) is 4.74 Å². The molecule has 0 amide bonds. The highest BCUT2D eigenvalue weighted by Gasteiger charge is 2.10. The average molecular weight is 316 g/mol. The maximum absolute atomic E-state index is 9.96. The number of rotatable bonds is 5. The van der Waals surface area contributed by atoms with Gasteiger partial charge in [0.05, 0.1) is 0 Å². The van der Waals surface area contributed by atoms with Crippen molar-refractivity contribution in [1.29, 1.82) is 0 Å². The number of aryl methyl sites for hydroxylation is 2. The lowest BCUT2D eigenvalue weighted by Gasteiger charge is -2.15. The molecule has 1 N–H and O–H groups in total. The molecule has 1 unspecified atom stereocenters. The van der Waals surface area contributed by atoms with Crippen molar-refractivity contribution in [3.63, 3.8) is 0 Å². The summed E-state index contributed by atoms with van der Waals surface area (Å²) < 4.78 is 5.57. The smallest absolute Gasteiger partial charge is 0.120 e. The van der Waals surface area contributed by atoms with Gasteiger partial charge in [-0.2, -0.15) is 0 Å². The van der Waals surface area contributed by atoms with Crippen LogP contribution in [0.15, 0.2) is 30.3 Å². The highest BCUT2D eigenvalue weighted by Crippen LogP contribution is 2.29. The average Bonchev–Trinajstić information content (AvgIpc) is 2.44. The molecule has 3 heteroatoms. The minimum absolute atomic E-state index is 0.319. The summed E-state index contributed by atoms with van der Waals surface area (Å²) in [4.78, 5) is 0. The molecular weight excluding hydrogens is 291 g/mol. The molecule has 2 nitrogen and oxygen atoms in total. The van der Waals surface area contributed by atoms with Gasteiger partial charge in [0, 0.05) is 0 Å². The van der Waals surface area contributed by atoms with E-state index in [1.807, 2.05) is 6.07 Å². The van der Waals surface area contributed by atoms with Gasteiger partial charge in [0.25, 0.3) is 0 Å². The molecule has 118 valence electrons. The highest BCUT2D eigenvalue weighted by atomic mass is 31.0. The summed E-state index contributed by atoms with van der Waals surface area (Å²) in [6.45, 7) is 8.46. The fraction of sp³-hybridized carbons (Fsp3) is 0.368. The van der Waals surface area contributed by atoms with Gasteiger partial charge < -0.3 is 9.84 Å². The first kappa shape index (κ1) is 16.8. The van der Waals surface area contributed by atoms with Crippen LogP contribution in [0.3, 0.4) is 0 Å². The number of benzene rings is 2. The van der Waals surface area contributed by atoms with Crippen LogP contribution in [0.2, 0.25) is 0 Å². The first-order valence-corrected chi connectivity index (χ1v) is 8.48. The standard InChI is InChI=1S/C19H25O2P/c1-12(2)17-9-15(5-6-19(17)20)10-18-13(3)7-16(21-11-22)8-14(18)4/h5-9,12,20H,10-11,22H2,1-4H3. The van der Waals surface area contributed by atoms with Gasteiger partial charge in [0.2, 0.25) is 0 Å². The van der Waals surface area contributed by atoms with Crippen LogP contribution in [0, 0.1) is 13.8 Å². The lowest BCUT2D eigenvalue weighted by atomic mass is 9.93. The summed E-state index contributed by atoms with van der Waals surface area (Å²) in [6, 6.07) is 10.1. The quantitative estimate of drug-likeness (QED) is 0.792. The topological polar surface area (TPSA) is 29.5 Å². The molecule has 2 rings (SSSR count). The van der Waals surface area contributed by atoms with Crippen LogP contribution >= 0.6 is 9.24 Å². The van der Waals surface area contributed by atoms with E-state index in [-0.39, 0.29) is 0 Å². The number of phenols is 1. The zero-order chi connectivity index (χ0) is 16.3. The van der Waals surface area contributed by atoms with Crippen molar-refractivity contribution >= 4 is 9.24 Å². The number of ether oxygens (including phenoxy) is 1. The van der Waals surface area contributed by atoms with Crippen molar-refractivity contribution in [2.24, 2.45) is 0 Å². The van der Waals surface area contributed by atoms with Crippen molar-refractivity contribution in [2.45, 2.75) is 40.0 Å². The first-order chi connectivity index (χ1) is 10.4. The Balaban J connectivity index is 2.33. The van der Waals surface area contributed by atoms with Crippen LogP contribution in [-0.4, -0.2) is 11.5 Å². The van der Waals surface area contributed by atoms with Gasteiger partial charge in [-0.1, -0.05) is 35.2 Å². The first-order valence-electron chi connectivity index (χ1n) is 7.67. The van der Waals surface area contributed by atoms with Crippen molar-refractivity contribution in [1.82, 2.24) is 0 Å². The maximum atomic E-state index is 9.96. The summed E-state index contributed by atoms with van der Waals surface area (Å²) in [5.74, 6) is 1.62. The van der Waals surface area contributed by atoms with E-state index in [0.717, 1.165) is 17.7 Å². The fourth-order valence-electron chi connectivity index (χ4n) is 2.79.